The van der Waals surface area contributed by atoms with Crippen LogP contribution in [-0.4, -0.2) is 12.6 Å². The molecule has 0 saturated carbocycles. The molecule has 4 heteroatoms. The number of hydrogen-bond acceptors (Lipinski definition) is 2. The van der Waals surface area contributed by atoms with E-state index in [1.54, 1.807) is 0 Å². The van der Waals surface area contributed by atoms with Crippen molar-refractivity contribution in [2.75, 3.05) is 6.54 Å². The Morgan fingerprint density at radius 2 is 2.25 bits per heavy atom. The van der Waals surface area contributed by atoms with Crippen molar-refractivity contribution in [1.82, 2.24) is 5.32 Å². The zero-order chi connectivity index (χ0) is 11.5. The van der Waals surface area contributed by atoms with Gasteiger partial charge in [0.2, 0.25) is 0 Å². The summed E-state index contributed by atoms with van der Waals surface area (Å²) in [6.45, 7) is 1.00. The standard InChI is InChI=1S/C12H16F2N2/c13-8-3-4-10(11(14)6-8)12(15)7-9-2-1-5-16-9/h3-4,6,9,12,16H,1-2,5,7,15H2. The van der Waals surface area contributed by atoms with E-state index < -0.39 is 11.6 Å². The number of hydrogen-bond donors (Lipinski definition) is 2. The van der Waals surface area contributed by atoms with E-state index in [4.69, 9.17) is 5.73 Å². The van der Waals surface area contributed by atoms with Crippen LogP contribution in [0.1, 0.15) is 30.9 Å². The maximum absolute atomic E-state index is 13.4. The van der Waals surface area contributed by atoms with Gasteiger partial charge < -0.3 is 11.1 Å². The van der Waals surface area contributed by atoms with Gasteiger partial charge in [0.05, 0.1) is 0 Å². The maximum Gasteiger partial charge on any atom is 0.130 e. The summed E-state index contributed by atoms with van der Waals surface area (Å²) in [6.07, 6.45) is 2.92. The molecule has 1 fully saturated rings. The Balaban J connectivity index is 2.04. The first-order valence-electron chi connectivity index (χ1n) is 5.60. The van der Waals surface area contributed by atoms with Gasteiger partial charge in [-0.05, 0) is 31.9 Å². The van der Waals surface area contributed by atoms with Crippen molar-refractivity contribution >= 4 is 0 Å². The molecular weight excluding hydrogens is 210 g/mol. The summed E-state index contributed by atoms with van der Waals surface area (Å²) in [5.74, 6) is -1.11. The molecule has 1 aromatic rings. The molecule has 0 bridgehead atoms. The fourth-order valence-corrected chi connectivity index (χ4v) is 2.19. The van der Waals surface area contributed by atoms with Crippen LogP contribution in [0.4, 0.5) is 8.78 Å². The van der Waals surface area contributed by atoms with E-state index >= 15 is 0 Å². The molecule has 2 nitrogen and oxygen atoms in total. The molecule has 0 aliphatic carbocycles. The van der Waals surface area contributed by atoms with Crippen LogP contribution in [0.5, 0.6) is 0 Å². The number of nitrogens with one attached hydrogen (secondary N) is 1. The highest BCUT2D eigenvalue weighted by atomic mass is 19.1. The summed E-state index contributed by atoms with van der Waals surface area (Å²) < 4.78 is 26.2. The van der Waals surface area contributed by atoms with Crippen LogP contribution in [0.2, 0.25) is 0 Å². The lowest BCUT2D eigenvalue weighted by molar-refractivity contribution is 0.479. The van der Waals surface area contributed by atoms with Gasteiger partial charge in [-0.2, -0.15) is 0 Å². The molecule has 88 valence electrons. The van der Waals surface area contributed by atoms with Gasteiger partial charge in [-0.1, -0.05) is 6.07 Å². The third-order valence-electron chi connectivity index (χ3n) is 3.06. The fraction of sp³-hybridized carbons (Fsp3) is 0.500. The van der Waals surface area contributed by atoms with E-state index in [0.29, 0.717) is 18.0 Å². The van der Waals surface area contributed by atoms with Crippen LogP contribution >= 0.6 is 0 Å². The molecule has 2 unspecified atom stereocenters. The molecular formula is C12H16F2N2. The highest BCUT2D eigenvalue weighted by Gasteiger charge is 2.20. The molecule has 2 rings (SSSR count). The highest BCUT2D eigenvalue weighted by molar-refractivity contribution is 5.22. The average molecular weight is 226 g/mol. The summed E-state index contributed by atoms with van der Waals surface area (Å²) in [5.41, 5.74) is 6.32. The first-order valence-corrected chi connectivity index (χ1v) is 5.60. The minimum Gasteiger partial charge on any atom is -0.324 e. The van der Waals surface area contributed by atoms with Crippen LogP contribution in [0.3, 0.4) is 0 Å². The molecule has 1 heterocycles. The third kappa shape index (κ3) is 2.57. The molecule has 0 spiro atoms. The van der Waals surface area contributed by atoms with Gasteiger partial charge in [-0.15, -0.1) is 0 Å². The fourth-order valence-electron chi connectivity index (χ4n) is 2.19. The average Bonchev–Trinajstić information content (AvgIpc) is 2.70. The quantitative estimate of drug-likeness (QED) is 0.828. The van der Waals surface area contributed by atoms with Gasteiger partial charge in [-0.25, -0.2) is 8.78 Å². The lowest BCUT2D eigenvalue weighted by atomic mass is 9.99. The van der Waals surface area contributed by atoms with E-state index in [0.717, 1.165) is 25.5 Å². The van der Waals surface area contributed by atoms with Gasteiger partial charge in [0.25, 0.3) is 0 Å². The van der Waals surface area contributed by atoms with Gasteiger partial charge in [0, 0.05) is 23.7 Å². The summed E-state index contributed by atoms with van der Waals surface area (Å²) in [7, 11) is 0. The molecule has 0 amide bonds. The van der Waals surface area contributed by atoms with Gasteiger partial charge in [0.15, 0.2) is 0 Å². The molecule has 0 aromatic heterocycles. The van der Waals surface area contributed by atoms with E-state index in [-0.39, 0.29) is 6.04 Å². The minimum atomic E-state index is -0.563. The Morgan fingerprint density at radius 3 is 2.88 bits per heavy atom. The van der Waals surface area contributed by atoms with E-state index in [1.807, 2.05) is 0 Å². The lowest BCUT2D eigenvalue weighted by Gasteiger charge is -2.17. The van der Waals surface area contributed by atoms with Crippen molar-refractivity contribution in [3.63, 3.8) is 0 Å². The van der Waals surface area contributed by atoms with Crippen molar-refractivity contribution in [3.05, 3.63) is 35.4 Å². The van der Waals surface area contributed by atoms with Crippen LogP contribution in [0.15, 0.2) is 18.2 Å². The van der Waals surface area contributed by atoms with Crippen LogP contribution in [0.25, 0.3) is 0 Å². The summed E-state index contributed by atoms with van der Waals surface area (Å²) in [5, 5.41) is 3.31. The van der Waals surface area contributed by atoms with Crippen molar-refractivity contribution in [2.45, 2.75) is 31.3 Å². The summed E-state index contributed by atoms with van der Waals surface area (Å²) in [6, 6.07) is 3.57. The van der Waals surface area contributed by atoms with Gasteiger partial charge in [0.1, 0.15) is 11.6 Å². The Kier molecular flexibility index (Phi) is 3.51. The second-order valence-corrected chi connectivity index (χ2v) is 4.30. The predicted octanol–water partition coefficient (Wildman–Crippen LogP) is 2.11. The molecule has 3 N–H and O–H groups in total. The monoisotopic (exact) mass is 226 g/mol. The first-order chi connectivity index (χ1) is 7.66. The number of nitrogens with two attached hydrogens (primary N) is 1. The highest BCUT2D eigenvalue weighted by Crippen LogP contribution is 2.22. The Bertz CT molecular complexity index is 362. The number of rotatable bonds is 3. The molecule has 1 saturated heterocycles. The zero-order valence-corrected chi connectivity index (χ0v) is 9.05. The maximum atomic E-state index is 13.4. The number of halogens is 2. The second-order valence-electron chi connectivity index (χ2n) is 4.30. The Morgan fingerprint density at radius 1 is 1.44 bits per heavy atom. The normalized spacial score (nSPS) is 22.3. The molecule has 1 aromatic carbocycles. The van der Waals surface area contributed by atoms with Crippen molar-refractivity contribution in [1.29, 1.82) is 0 Å². The SMILES string of the molecule is NC(CC1CCCN1)c1ccc(F)cc1F. The lowest BCUT2D eigenvalue weighted by Crippen LogP contribution is -2.27. The Labute approximate surface area is 93.8 Å². The van der Waals surface area contributed by atoms with E-state index in [2.05, 4.69) is 5.32 Å². The molecule has 1 aliphatic heterocycles. The summed E-state index contributed by atoms with van der Waals surface area (Å²) >= 11 is 0. The van der Waals surface area contributed by atoms with E-state index in [1.165, 1.54) is 12.1 Å². The zero-order valence-electron chi connectivity index (χ0n) is 9.05. The van der Waals surface area contributed by atoms with Crippen molar-refractivity contribution < 1.29 is 8.78 Å². The summed E-state index contributed by atoms with van der Waals surface area (Å²) in [4.78, 5) is 0. The molecule has 2 atom stereocenters. The van der Waals surface area contributed by atoms with E-state index in [9.17, 15) is 8.78 Å². The minimum absolute atomic E-state index is 0.361. The van der Waals surface area contributed by atoms with Crippen LogP contribution in [-0.2, 0) is 0 Å². The first kappa shape index (κ1) is 11.5. The molecule has 0 radical (unpaired) electrons. The van der Waals surface area contributed by atoms with Crippen LogP contribution < -0.4 is 11.1 Å². The van der Waals surface area contributed by atoms with Crippen LogP contribution in [0, 0.1) is 11.6 Å². The van der Waals surface area contributed by atoms with Gasteiger partial charge in [-0.3, -0.25) is 0 Å². The van der Waals surface area contributed by atoms with Gasteiger partial charge >= 0.3 is 0 Å². The molecule has 1 aliphatic rings. The van der Waals surface area contributed by atoms with Crippen molar-refractivity contribution in [2.24, 2.45) is 5.73 Å². The van der Waals surface area contributed by atoms with Crippen molar-refractivity contribution in [3.8, 4) is 0 Å². The second kappa shape index (κ2) is 4.89. The largest absolute Gasteiger partial charge is 0.324 e. The third-order valence-corrected chi connectivity index (χ3v) is 3.06. The number of benzene rings is 1. The topological polar surface area (TPSA) is 38.0 Å². The predicted molar refractivity (Wildman–Crippen MR) is 58.9 cm³/mol. The Hall–Kier alpha value is -1.00. The smallest absolute Gasteiger partial charge is 0.130 e. The molecule has 16 heavy (non-hydrogen) atoms.